The molecule has 0 fully saturated rings. The summed E-state index contributed by atoms with van der Waals surface area (Å²) >= 11 is 0. The molecule has 0 unspecified atom stereocenters. The van der Waals surface area contributed by atoms with Gasteiger partial charge in [0, 0.05) is 6.92 Å². The normalized spacial score (nSPS) is 29.8. The maximum Gasteiger partial charge on any atom is 0.338 e. The first-order valence-corrected chi connectivity index (χ1v) is 7.01. The highest BCUT2D eigenvalue weighted by Gasteiger charge is 2.50. The van der Waals surface area contributed by atoms with Crippen molar-refractivity contribution < 1.29 is 34.4 Å². The van der Waals surface area contributed by atoms with E-state index in [9.17, 15) is 24.9 Å². The summed E-state index contributed by atoms with van der Waals surface area (Å²) in [6, 6.07) is 8.08. The van der Waals surface area contributed by atoms with Crippen LogP contribution in [0.25, 0.3) is 0 Å². The van der Waals surface area contributed by atoms with E-state index in [1.807, 2.05) is 0 Å². The number of aliphatic hydroxyl groups is 3. The summed E-state index contributed by atoms with van der Waals surface area (Å²) in [5, 5.41) is 30.3. The molecule has 23 heavy (non-hydrogen) atoms. The average Bonchev–Trinajstić information content (AvgIpc) is 2.54. The standard InChI is InChI=1S/C16H18O7/c1-10(17)23-13-8-7-12(18)14(19)16(13,21)9-22-15(20)11-5-3-2-4-6-11/h2-8,12-14,18-19,21H,9H2,1H3/t12-,13+,14+,16-/m0/s1. The number of esters is 2. The summed E-state index contributed by atoms with van der Waals surface area (Å²) in [6.45, 7) is 0.489. The zero-order chi connectivity index (χ0) is 17.0. The lowest BCUT2D eigenvalue weighted by molar-refractivity contribution is -0.199. The van der Waals surface area contributed by atoms with Gasteiger partial charge in [-0.05, 0) is 18.2 Å². The van der Waals surface area contributed by atoms with Crippen molar-refractivity contribution in [2.45, 2.75) is 30.8 Å². The topological polar surface area (TPSA) is 113 Å². The Labute approximate surface area is 132 Å². The van der Waals surface area contributed by atoms with E-state index in [0.717, 1.165) is 6.92 Å². The van der Waals surface area contributed by atoms with Crippen LogP contribution in [0.2, 0.25) is 0 Å². The van der Waals surface area contributed by atoms with Gasteiger partial charge in [-0.2, -0.15) is 0 Å². The fourth-order valence-electron chi connectivity index (χ4n) is 2.28. The predicted octanol–water partition coefficient (Wildman–Crippen LogP) is -0.202. The molecule has 1 aliphatic rings. The molecule has 0 saturated carbocycles. The number of carbonyl (C=O) groups is 2. The van der Waals surface area contributed by atoms with E-state index in [1.54, 1.807) is 18.2 Å². The van der Waals surface area contributed by atoms with Crippen LogP contribution in [0.5, 0.6) is 0 Å². The van der Waals surface area contributed by atoms with Crippen molar-refractivity contribution >= 4 is 11.9 Å². The van der Waals surface area contributed by atoms with Crippen molar-refractivity contribution in [2.24, 2.45) is 0 Å². The van der Waals surface area contributed by atoms with Crippen molar-refractivity contribution in [3.05, 3.63) is 48.0 Å². The largest absolute Gasteiger partial charge is 0.459 e. The molecular formula is C16H18O7. The fraction of sp³-hybridized carbons (Fsp3) is 0.375. The molecule has 0 bridgehead atoms. The second kappa shape index (κ2) is 6.91. The van der Waals surface area contributed by atoms with E-state index in [4.69, 9.17) is 9.47 Å². The number of aliphatic hydroxyl groups excluding tert-OH is 2. The molecule has 3 N–H and O–H groups in total. The zero-order valence-electron chi connectivity index (χ0n) is 12.5. The number of hydrogen-bond acceptors (Lipinski definition) is 7. The second-order valence-corrected chi connectivity index (χ2v) is 5.28. The smallest absolute Gasteiger partial charge is 0.338 e. The summed E-state index contributed by atoms with van der Waals surface area (Å²) in [6.07, 6.45) is -1.86. The van der Waals surface area contributed by atoms with E-state index in [1.165, 1.54) is 24.3 Å². The Bertz CT molecular complexity index is 598. The minimum atomic E-state index is -2.15. The highest BCUT2D eigenvalue weighted by atomic mass is 16.6. The molecule has 1 aromatic rings. The molecule has 2 rings (SSSR count). The van der Waals surface area contributed by atoms with Crippen molar-refractivity contribution in [2.75, 3.05) is 6.61 Å². The van der Waals surface area contributed by atoms with Gasteiger partial charge in [-0.15, -0.1) is 0 Å². The molecule has 0 spiro atoms. The number of hydrogen-bond donors (Lipinski definition) is 3. The second-order valence-electron chi connectivity index (χ2n) is 5.28. The van der Waals surface area contributed by atoms with E-state index >= 15 is 0 Å². The van der Waals surface area contributed by atoms with E-state index in [2.05, 4.69) is 0 Å². The first kappa shape index (κ1) is 17.1. The summed E-state index contributed by atoms with van der Waals surface area (Å²) in [5.41, 5.74) is -1.88. The number of rotatable bonds is 4. The lowest BCUT2D eigenvalue weighted by Gasteiger charge is -2.40. The van der Waals surface area contributed by atoms with E-state index in [-0.39, 0.29) is 5.56 Å². The highest BCUT2D eigenvalue weighted by molar-refractivity contribution is 5.89. The van der Waals surface area contributed by atoms with Crippen LogP contribution in [0, 0.1) is 0 Å². The Morgan fingerprint density at radius 3 is 2.43 bits per heavy atom. The van der Waals surface area contributed by atoms with Gasteiger partial charge in [0.1, 0.15) is 18.8 Å². The van der Waals surface area contributed by atoms with Crippen LogP contribution < -0.4 is 0 Å². The Kier molecular flexibility index (Phi) is 5.15. The van der Waals surface area contributed by atoms with Gasteiger partial charge in [0.2, 0.25) is 0 Å². The molecule has 1 aliphatic carbocycles. The molecule has 1 aromatic carbocycles. The average molecular weight is 322 g/mol. The molecule has 7 nitrogen and oxygen atoms in total. The molecule has 124 valence electrons. The van der Waals surface area contributed by atoms with Gasteiger partial charge in [-0.1, -0.05) is 24.3 Å². The number of benzene rings is 1. The molecular weight excluding hydrogens is 304 g/mol. The molecule has 4 atom stereocenters. The Hall–Kier alpha value is -2.22. The van der Waals surface area contributed by atoms with Gasteiger partial charge < -0.3 is 24.8 Å². The van der Waals surface area contributed by atoms with Gasteiger partial charge in [-0.25, -0.2) is 4.79 Å². The van der Waals surface area contributed by atoms with Crippen LogP contribution in [0.4, 0.5) is 0 Å². The van der Waals surface area contributed by atoms with Gasteiger partial charge in [-0.3, -0.25) is 4.79 Å². The van der Waals surface area contributed by atoms with Crippen LogP contribution >= 0.6 is 0 Å². The monoisotopic (exact) mass is 322 g/mol. The summed E-state index contributed by atoms with van der Waals surface area (Å²) in [5.74, 6) is -1.40. The molecule has 7 heteroatoms. The van der Waals surface area contributed by atoms with Crippen LogP contribution in [0.15, 0.2) is 42.5 Å². The van der Waals surface area contributed by atoms with E-state index < -0.39 is 42.5 Å². The molecule has 0 aromatic heterocycles. The third kappa shape index (κ3) is 3.76. The molecule has 0 amide bonds. The summed E-state index contributed by atoms with van der Waals surface area (Å²) in [7, 11) is 0. The predicted molar refractivity (Wildman–Crippen MR) is 78.4 cm³/mol. The molecule has 0 heterocycles. The lowest BCUT2D eigenvalue weighted by atomic mass is 9.83. The zero-order valence-corrected chi connectivity index (χ0v) is 12.5. The van der Waals surface area contributed by atoms with Crippen LogP contribution in [-0.2, 0) is 14.3 Å². The molecule has 0 aliphatic heterocycles. The van der Waals surface area contributed by atoms with Crippen molar-refractivity contribution in [3.63, 3.8) is 0 Å². The first-order chi connectivity index (χ1) is 10.8. The maximum atomic E-state index is 11.9. The molecule has 0 radical (unpaired) electrons. The number of carbonyl (C=O) groups excluding carboxylic acids is 2. The third-order valence-electron chi connectivity index (χ3n) is 3.55. The maximum absolute atomic E-state index is 11.9. The Balaban J connectivity index is 2.14. The van der Waals surface area contributed by atoms with Crippen molar-refractivity contribution in [1.29, 1.82) is 0 Å². The summed E-state index contributed by atoms with van der Waals surface area (Å²) < 4.78 is 9.94. The van der Waals surface area contributed by atoms with Gasteiger partial charge in [0.15, 0.2) is 11.7 Å². The van der Waals surface area contributed by atoms with Gasteiger partial charge in [0.05, 0.1) is 5.56 Å². The van der Waals surface area contributed by atoms with Gasteiger partial charge in [0.25, 0.3) is 0 Å². The van der Waals surface area contributed by atoms with E-state index in [0.29, 0.717) is 0 Å². The minimum absolute atomic E-state index is 0.265. The van der Waals surface area contributed by atoms with Crippen LogP contribution in [0.1, 0.15) is 17.3 Å². The fourth-order valence-corrected chi connectivity index (χ4v) is 2.28. The van der Waals surface area contributed by atoms with Crippen molar-refractivity contribution in [1.82, 2.24) is 0 Å². The Morgan fingerprint density at radius 1 is 1.17 bits per heavy atom. The van der Waals surface area contributed by atoms with Crippen molar-refractivity contribution in [3.8, 4) is 0 Å². The molecule has 0 saturated heterocycles. The first-order valence-electron chi connectivity index (χ1n) is 7.01. The summed E-state index contributed by atoms with van der Waals surface area (Å²) in [4.78, 5) is 23.1. The minimum Gasteiger partial charge on any atom is -0.459 e. The Morgan fingerprint density at radius 2 is 1.83 bits per heavy atom. The number of ether oxygens (including phenoxy) is 2. The SMILES string of the molecule is CC(=O)O[C@@H]1C=C[C@H](O)[C@@H](O)[C@]1(O)COC(=O)c1ccccc1. The third-order valence-corrected chi connectivity index (χ3v) is 3.55. The van der Waals surface area contributed by atoms with Gasteiger partial charge >= 0.3 is 11.9 Å². The quantitative estimate of drug-likeness (QED) is 0.519. The lowest BCUT2D eigenvalue weighted by Crippen LogP contribution is -2.62. The van der Waals surface area contributed by atoms with Crippen LogP contribution in [-0.4, -0.2) is 57.8 Å². The highest BCUT2D eigenvalue weighted by Crippen LogP contribution is 2.28. The van der Waals surface area contributed by atoms with Crippen LogP contribution in [0.3, 0.4) is 0 Å².